The lowest BCUT2D eigenvalue weighted by Gasteiger charge is -2.18. The molecule has 1 N–H and O–H groups in total. The van der Waals surface area contributed by atoms with Crippen LogP contribution in [0.1, 0.15) is 20.3 Å². The Hall–Kier alpha value is -1.33. The Labute approximate surface area is 95.2 Å². The van der Waals surface area contributed by atoms with Gasteiger partial charge >= 0.3 is 16.3 Å². The first kappa shape index (κ1) is 14.7. The third kappa shape index (κ3) is 4.95. The molecule has 0 bridgehead atoms. The monoisotopic (exact) mass is 249 g/mol. The van der Waals surface area contributed by atoms with Crippen molar-refractivity contribution in [2.24, 2.45) is 0 Å². The molecule has 0 aromatic rings. The molecule has 1 amide bonds. The zero-order valence-electron chi connectivity index (χ0n) is 9.26. The standard InChI is InChI=1S/C8H15N3O4S/c1-3-11(7-5-6-9)16(13,14)10-8(12)15-4-2/h3-5,7H2,1-2H3,(H,10,12). The highest BCUT2D eigenvalue weighted by atomic mass is 32.2. The SMILES string of the molecule is CCOC(=O)NS(=O)(=O)N(CC)CCC#N. The molecule has 0 spiro atoms. The fraction of sp³-hybridized carbons (Fsp3) is 0.750. The first-order valence-electron chi connectivity index (χ1n) is 4.79. The molecule has 0 unspecified atom stereocenters. The molecule has 0 fully saturated rings. The molecule has 92 valence electrons. The van der Waals surface area contributed by atoms with Crippen LogP contribution in [0.25, 0.3) is 0 Å². The Morgan fingerprint density at radius 2 is 2.12 bits per heavy atom. The van der Waals surface area contributed by atoms with Gasteiger partial charge < -0.3 is 4.74 Å². The highest BCUT2D eigenvalue weighted by molar-refractivity contribution is 7.87. The first-order valence-corrected chi connectivity index (χ1v) is 6.23. The van der Waals surface area contributed by atoms with Gasteiger partial charge in [0.1, 0.15) is 0 Å². The van der Waals surface area contributed by atoms with E-state index < -0.39 is 16.3 Å². The van der Waals surface area contributed by atoms with Crippen molar-refractivity contribution in [3.8, 4) is 6.07 Å². The van der Waals surface area contributed by atoms with E-state index in [-0.39, 0.29) is 26.1 Å². The molecule has 0 rings (SSSR count). The molecule has 0 aliphatic rings. The van der Waals surface area contributed by atoms with Crippen molar-refractivity contribution in [2.75, 3.05) is 19.7 Å². The van der Waals surface area contributed by atoms with Crippen LogP contribution in [-0.4, -0.2) is 38.5 Å². The molecule has 0 saturated carbocycles. The van der Waals surface area contributed by atoms with Gasteiger partial charge in [0.25, 0.3) is 0 Å². The number of carbonyl (C=O) groups excluding carboxylic acids is 1. The highest BCUT2D eigenvalue weighted by Gasteiger charge is 2.22. The Balaban J connectivity index is 4.50. The average molecular weight is 249 g/mol. The van der Waals surface area contributed by atoms with Crippen molar-refractivity contribution in [3.05, 3.63) is 0 Å². The third-order valence-corrected chi connectivity index (χ3v) is 3.20. The summed E-state index contributed by atoms with van der Waals surface area (Å²) in [6.45, 7) is 3.49. The van der Waals surface area contributed by atoms with Crippen LogP contribution < -0.4 is 4.72 Å². The predicted molar refractivity (Wildman–Crippen MR) is 56.6 cm³/mol. The summed E-state index contributed by atoms with van der Waals surface area (Å²) in [7, 11) is -3.91. The predicted octanol–water partition coefficient (Wildman–Crippen LogP) is 0.213. The van der Waals surface area contributed by atoms with E-state index in [4.69, 9.17) is 5.26 Å². The van der Waals surface area contributed by atoms with E-state index in [1.165, 1.54) is 0 Å². The second-order valence-corrected chi connectivity index (χ2v) is 4.40. The zero-order valence-corrected chi connectivity index (χ0v) is 10.1. The molecule has 0 aliphatic heterocycles. The summed E-state index contributed by atoms with van der Waals surface area (Å²) < 4.78 is 30.3. The van der Waals surface area contributed by atoms with E-state index in [2.05, 4.69) is 4.74 Å². The molecule has 0 heterocycles. The van der Waals surface area contributed by atoms with Crippen LogP contribution in [-0.2, 0) is 14.9 Å². The van der Waals surface area contributed by atoms with Crippen LogP contribution >= 0.6 is 0 Å². The van der Waals surface area contributed by atoms with Crippen LogP contribution in [0.4, 0.5) is 4.79 Å². The third-order valence-electron chi connectivity index (χ3n) is 1.65. The van der Waals surface area contributed by atoms with Gasteiger partial charge in [-0.1, -0.05) is 6.92 Å². The number of nitrogens with zero attached hydrogens (tertiary/aromatic N) is 2. The largest absolute Gasteiger partial charge is 0.449 e. The molecule has 0 saturated heterocycles. The van der Waals surface area contributed by atoms with E-state index in [0.717, 1.165) is 4.31 Å². The summed E-state index contributed by atoms with van der Waals surface area (Å²) in [5.41, 5.74) is 0. The highest BCUT2D eigenvalue weighted by Crippen LogP contribution is 1.99. The topological polar surface area (TPSA) is 99.5 Å². The maximum Gasteiger partial charge on any atom is 0.421 e. The summed E-state index contributed by atoms with van der Waals surface area (Å²) >= 11 is 0. The Morgan fingerprint density at radius 3 is 2.56 bits per heavy atom. The van der Waals surface area contributed by atoms with Crippen LogP contribution in [0.2, 0.25) is 0 Å². The van der Waals surface area contributed by atoms with Crippen LogP contribution in [0.5, 0.6) is 0 Å². The van der Waals surface area contributed by atoms with E-state index in [9.17, 15) is 13.2 Å². The van der Waals surface area contributed by atoms with Crippen molar-refractivity contribution in [2.45, 2.75) is 20.3 Å². The Kier molecular flexibility index (Phi) is 6.44. The number of ether oxygens (including phenoxy) is 1. The zero-order chi connectivity index (χ0) is 12.6. The smallest absolute Gasteiger partial charge is 0.421 e. The van der Waals surface area contributed by atoms with E-state index in [1.807, 2.05) is 6.07 Å². The Bertz CT molecular complexity index is 360. The van der Waals surface area contributed by atoms with Gasteiger partial charge in [-0.05, 0) is 6.92 Å². The van der Waals surface area contributed by atoms with Crippen molar-refractivity contribution >= 4 is 16.3 Å². The normalized spacial score (nSPS) is 10.9. The van der Waals surface area contributed by atoms with Crippen molar-refractivity contribution in [1.29, 1.82) is 5.26 Å². The minimum atomic E-state index is -3.91. The van der Waals surface area contributed by atoms with E-state index >= 15 is 0 Å². The van der Waals surface area contributed by atoms with Gasteiger partial charge in [-0.3, -0.25) is 0 Å². The molecule has 0 aromatic heterocycles. The molecule has 0 radical (unpaired) electrons. The summed E-state index contributed by atoms with van der Waals surface area (Å²) in [5.74, 6) is 0. The van der Waals surface area contributed by atoms with Crippen LogP contribution in [0, 0.1) is 11.3 Å². The lowest BCUT2D eigenvalue weighted by molar-refractivity contribution is 0.158. The molecule has 8 heteroatoms. The van der Waals surface area contributed by atoms with E-state index in [1.54, 1.807) is 18.6 Å². The quantitative estimate of drug-likeness (QED) is 0.725. The lowest BCUT2D eigenvalue weighted by atomic mass is 10.5. The maximum absolute atomic E-state index is 11.6. The van der Waals surface area contributed by atoms with Crippen molar-refractivity contribution < 1.29 is 17.9 Å². The number of hydrogen-bond acceptors (Lipinski definition) is 5. The molecular weight excluding hydrogens is 234 g/mol. The molecule has 0 aromatic carbocycles. The van der Waals surface area contributed by atoms with Crippen molar-refractivity contribution in [1.82, 2.24) is 9.03 Å². The number of nitrogens with one attached hydrogen (secondary N) is 1. The van der Waals surface area contributed by atoms with Crippen LogP contribution in [0.15, 0.2) is 0 Å². The maximum atomic E-state index is 11.6. The fourth-order valence-electron chi connectivity index (χ4n) is 0.953. The van der Waals surface area contributed by atoms with Gasteiger partial charge in [0.05, 0.1) is 12.7 Å². The van der Waals surface area contributed by atoms with Gasteiger partial charge in [0.2, 0.25) is 0 Å². The summed E-state index contributed by atoms with van der Waals surface area (Å²) in [5, 5.41) is 8.36. The van der Waals surface area contributed by atoms with Crippen molar-refractivity contribution in [3.63, 3.8) is 0 Å². The number of rotatable bonds is 6. The summed E-state index contributed by atoms with van der Waals surface area (Å²) in [6.07, 6.45) is -0.949. The van der Waals surface area contributed by atoms with Gasteiger partial charge in [-0.2, -0.15) is 18.0 Å². The molecule has 7 nitrogen and oxygen atoms in total. The number of carbonyl (C=O) groups is 1. The minimum Gasteiger partial charge on any atom is -0.449 e. The first-order chi connectivity index (χ1) is 7.47. The van der Waals surface area contributed by atoms with Gasteiger partial charge in [0.15, 0.2) is 0 Å². The molecular formula is C8H15N3O4S. The second kappa shape index (κ2) is 7.03. The van der Waals surface area contributed by atoms with Gasteiger partial charge in [-0.25, -0.2) is 9.52 Å². The number of nitriles is 1. The molecule has 0 atom stereocenters. The number of hydrogen-bond donors (Lipinski definition) is 1. The molecule has 16 heavy (non-hydrogen) atoms. The second-order valence-electron chi connectivity index (χ2n) is 2.73. The van der Waals surface area contributed by atoms with E-state index in [0.29, 0.717) is 0 Å². The average Bonchev–Trinajstić information content (AvgIpc) is 2.17. The van der Waals surface area contributed by atoms with Gasteiger partial charge in [-0.15, -0.1) is 0 Å². The Morgan fingerprint density at radius 1 is 1.50 bits per heavy atom. The van der Waals surface area contributed by atoms with Gasteiger partial charge in [0, 0.05) is 19.5 Å². The lowest BCUT2D eigenvalue weighted by Crippen LogP contribution is -2.44. The fourth-order valence-corrected chi connectivity index (χ4v) is 2.02. The number of amides is 1. The molecule has 0 aliphatic carbocycles. The summed E-state index contributed by atoms with van der Waals surface area (Å²) in [6, 6.07) is 1.83. The van der Waals surface area contributed by atoms with Crippen LogP contribution in [0.3, 0.4) is 0 Å². The minimum absolute atomic E-state index is 0.0434. The summed E-state index contributed by atoms with van der Waals surface area (Å²) in [4.78, 5) is 10.9.